The van der Waals surface area contributed by atoms with E-state index in [0.29, 0.717) is 0 Å². The molecule has 29 heavy (non-hydrogen) atoms. The molecule has 1 N–H and O–H groups in total. The Hall–Kier alpha value is -2.59. The highest BCUT2D eigenvalue weighted by Gasteiger charge is 2.36. The van der Waals surface area contributed by atoms with Crippen LogP contribution in [0.4, 0.5) is 10.5 Å². The molecule has 0 saturated heterocycles. The van der Waals surface area contributed by atoms with Crippen LogP contribution in [0.25, 0.3) is 0 Å². The molecular formula is C25H26N2OS. The van der Waals surface area contributed by atoms with E-state index in [0.717, 1.165) is 24.2 Å². The summed E-state index contributed by atoms with van der Waals surface area (Å²) in [5.74, 6) is 0. The van der Waals surface area contributed by atoms with E-state index in [2.05, 4.69) is 29.6 Å². The molecule has 5 rings (SSSR count). The van der Waals surface area contributed by atoms with Crippen LogP contribution < -0.4 is 5.32 Å². The Morgan fingerprint density at radius 2 is 1.83 bits per heavy atom. The quantitative estimate of drug-likeness (QED) is 0.551. The number of anilines is 1. The Kier molecular flexibility index (Phi) is 4.88. The second kappa shape index (κ2) is 7.68. The number of carbonyl (C=O) groups is 1. The summed E-state index contributed by atoms with van der Waals surface area (Å²) in [4.78, 5) is 18.3. The van der Waals surface area contributed by atoms with E-state index >= 15 is 0 Å². The number of urea groups is 1. The number of hydrogen-bond donors (Lipinski definition) is 1. The number of thiophene rings is 1. The van der Waals surface area contributed by atoms with Crippen LogP contribution >= 0.6 is 11.3 Å². The lowest BCUT2D eigenvalue weighted by Crippen LogP contribution is -2.42. The molecule has 2 aromatic carbocycles. The van der Waals surface area contributed by atoms with Gasteiger partial charge >= 0.3 is 6.03 Å². The first-order valence-corrected chi connectivity index (χ1v) is 11.3. The predicted molar refractivity (Wildman–Crippen MR) is 120 cm³/mol. The maximum Gasteiger partial charge on any atom is 0.322 e. The monoisotopic (exact) mass is 402 g/mol. The van der Waals surface area contributed by atoms with Crippen molar-refractivity contribution in [3.63, 3.8) is 0 Å². The Balaban J connectivity index is 1.53. The lowest BCUT2D eigenvalue weighted by molar-refractivity contribution is 0.195. The van der Waals surface area contributed by atoms with Crippen molar-refractivity contribution in [2.75, 3.05) is 11.9 Å². The molecule has 2 aliphatic rings. The van der Waals surface area contributed by atoms with Gasteiger partial charge in [-0.25, -0.2) is 4.79 Å². The number of hydrogen-bond acceptors (Lipinski definition) is 2. The van der Waals surface area contributed by atoms with Crippen LogP contribution in [-0.2, 0) is 19.3 Å². The summed E-state index contributed by atoms with van der Waals surface area (Å²) in [6, 6.07) is 18.5. The van der Waals surface area contributed by atoms with E-state index in [-0.39, 0.29) is 12.1 Å². The van der Waals surface area contributed by atoms with Gasteiger partial charge in [0.25, 0.3) is 0 Å². The van der Waals surface area contributed by atoms with Crippen molar-refractivity contribution in [1.29, 1.82) is 0 Å². The van der Waals surface area contributed by atoms with Gasteiger partial charge in [0.05, 0.1) is 6.04 Å². The molecule has 1 aliphatic heterocycles. The number of aryl methyl sites for hydroxylation is 2. The molecule has 3 aromatic rings. The zero-order chi connectivity index (χ0) is 19.8. The molecular weight excluding hydrogens is 376 g/mol. The predicted octanol–water partition coefficient (Wildman–Crippen LogP) is 6.11. The number of carbonyl (C=O) groups excluding carboxylic acids is 1. The number of nitrogens with zero attached hydrogens (tertiary/aromatic N) is 1. The second-order valence-corrected chi connectivity index (χ2v) is 9.25. The fraction of sp³-hybridized carbons (Fsp3) is 0.320. The lowest BCUT2D eigenvalue weighted by Gasteiger charge is -2.36. The zero-order valence-corrected chi connectivity index (χ0v) is 17.6. The fourth-order valence-corrected chi connectivity index (χ4v) is 6.34. The standard InChI is InChI=1S/C25H26N2OS/c1-17-8-7-11-19(16-17)26-25(28)27-15-14-21-20-12-5-6-13-22(20)29-24(21)23(27)18-9-3-2-4-10-18/h2-4,7-11,16,23H,5-6,12-15H2,1H3,(H,26,28). The third-order valence-electron chi connectivity index (χ3n) is 6.12. The van der Waals surface area contributed by atoms with Gasteiger partial charge in [0.2, 0.25) is 0 Å². The summed E-state index contributed by atoms with van der Waals surface area (Å²) in [5, 5.41) is 3.14. The minimum absolute atomic E-state index is 0.000333. The summed E-state index contributed by atoms with van der Waals surface area (Å²) in [5.41, 5.74) is 6.33. The van der Waals surface area contributed by atoms with Gasteiger partial charge in [0.15, 0.2) is 0 Å². The molecule has 0 radical (unpaired) electrons. The third-order valence-corrected chi connectivity index (χ3v) is 7.51. The highest BCUT2D eigenvalue weighted by Crippen LogP contribution is 2.45. The highest BCUT2D eigenvalue weighted by atomic mass is 32.1. The van der Waals surface area contributed by atoms with Crippen molar-refractivity contribution in [3.05, 3.63) is 86.6 Å². The smallest absolute Gasteiger partial charge is 0.312 e. The fourth-order valence-electron chi connectivity index (χ4n) is 4.75. The molecule has 1 aliphatic carbocycles. The van der Waals surface area contributed by atoms with E-state index in [4.69, 9.17) is 0 Å². The van der Waals surface area contributed by atoms with E-state index in [9.17, 15) is 4.79 Å². The van der Waals surface area contributed by atoms with Crippen molar-refractivity contribution in [2.45, 2.75) is 45.1 Å². The third kappa shape index (κ3) is 3.46. The summed E-state index contributed by atoms with van der Waals surface area (Å²) in [7, 11) is 0. The number of fused-ring (bicyclic) bond motifs is 3. The summed E-state index contributed by atoms with van der Waals surface area (Å²) >= 11 is 1.95. The number of nitrogens with one attached hydrogen (secondary N) is 1. The second-order valence-electron chi connectivity index (χ2n) is 8.11. The minimum Gasteiger partial charge on any atom is -0.312 e. The van der Waals surface area contributed by atoms with Gasteiger partial charge in [0, 0.05) is 22.0 Å². The van der Waals surface area contributed by atoms with Crippen molar-refractivity contribution < 1.29 is 4.79 Å². The first-order valence-electron chi connectivity index (χ1n) is 10.5. The van der Waals surface area contributed by atoms with Gasteiger partial charge < -0.3 is 10.2 Å². The normalized spacial score (nSPS) is 18.1. The largest absolute Gasteiger partial charge is 0.322 e. The van der Waals surface area contributed by atoms with Crippen LogP contribution in [0.5, 0.6) is 0 Å². The van der Waals surface area contributed by atoms with Crippen molar-refractivity contribution in [3.8, 4) is 0 Å². The van der Waals surface area contributed by atoms with Crippen LogP contribution in [0.3, 0.4) is 0 Å². The van der Waals surface area contributed by atoms with Gasteiger partial charge in [-0.3, -0.25) is 0 Å². The molecule has 2 heterocycles. The Morgan fingerprint density at radius 3 is 2.66 bits per heavy atom. The van der Waals surface area contributed by atoms with Crippen molar-refractivity contribution >= 4 is 23.1 Å². The van der Waals surface area contributed by atoms with Gasteiger partial charge in [0.1, 0.15) is 0 Å². The van der Waals surface area contributed by atoms with Crippen LogP contribution in [0.1, 0.15) is 50.9 Å². The van der Waals surface area contributed by atoms with Gasteiger partial charge in [-0.2, -0.15) is 0 Å². The van der Waals surface area contributed by atoms with Crippen LogP contribution in [0.2, 0.25) is 0 Å². The molecule has 1 aromatic heterocycles. The topological polar surface area (TPSA) is 32.3 Å². The highest BCUT2D eigenvalue weighted by molar-refractivity contribution is 7.12. The molecule has 0 saturated carbocycles. The van der Waals surface area contributed by atoms with Crippen molar-refractivity contribution in [2.24, 2.45) is 0 Å². The summed E-state index contributed by atoms with van der Waals surface area (Å²) in [6.45, 7) is 2.80. The maximum atomic E-state index is 13.3. The first kappa shape index (κ1) is 18.4. The van der Waals surface area contributed by atoms with Crippen LogP contribution in [0, 0.1) is 6.92 Å². The van der Waals surface area contributed by atoms with E-state index in [1.807, 2.05) is 53.5 Å². The van der Waals surface area contributed by atoms with Gasteiger partial charge in [-0.05, 0) is 73.4 Å². The number of benzene rings is 2. The zero-order valence-electron chi connectivity index (χ0n) is 16.8. The van der Waals surface area contributed by atoms with Crippen molar-refractivity contribution in [1.82, 2.24) is 4.90 Å². The molecule has 1 unspecified atom stereocenters. The minimum atomic E-state index is -0.0125. The molecule has 4 heteroatoms. The van der Waals surface area contributed by atoms with E-state index in [1.54, 1.807) is 10.4 Å². The molecule has 0 fully saturated rings. The van der Waals surface area contributed by atoms with Gasteiger partial charge in [-0.1, -0.05) is 42.5 Å². The summed E-state index contributed by atoms with van der Waals surface area (Å²) < 4.78 is 0. The van der Waals surface area contributed by atoms with E-state index in [1.165, 1.54) is 41.7 Å². The number of amides is 2. The van der Waals surface area contributed by atoms with E-state index < -0.39 is 0 Å². The molecule has 1 atom stereocenters. The summed E-state index contributed by atoms with van der Waals surface area (Å²) in [6.07, 6.45) is 5.96. The van der Waals surface area contributed by atoms with Crippen LogP contribution in [-0.4, -0.2) is 17.5 Å². The average molecular weight is 403 g/mol. The van der Waals surface area contributed by atoms with Gasteiger partial charge in [-0.15, -0.1) is 11.3 Å². The number of rotatable bonds is 2. The molecule has 148 valence electrons. The molecule has 3 nitrogen and oxygen atoms in total. The Morgan fingerprint density at radius 1 is 1.00 bits per heavy atom. The Labute approximate surface area is 176 Å². The SMILES string of the molecule is Cc1cccc(NC(=O)N2CCc3c(sc4c3CCCC4)C2c2ccccc2)c1. The molecule has 0 bridgehead atoms. The Bertz CT molecular complexity index is 1040. The van der Waals surface area contributed by atoms with Crippen LogP contribution in [0.15, 0.2) is 54.6 Å². The molecule has 2 amide bonds. The lowest BCUT2D eigenvalue weighted by atomic mass is 9.88. The first-order chi connectivity index (χ1) is 14.2. The molecule has 0 spiro atoms. The maximum absolute atomic E-state index is 13.3. The average Bonchev–Trinajstić information content (AvgIpc) is 3.12.